The van der Waals surface area contributed by atoms with Crippen LogP contribution in [-0.2, 0) is 17.6 Å². The summed E-state index contributed by atoms with van der Waals surface area (Å²) in [4.78, 5) is 23.9. The summed E-state index contributed by atoms with van der Waals surface area (Å²) in [6.07, 6.45) is 8.94. The molecule has 1 aliphatic rings. The maximum atomic E-state index is 12.4. The second kappa shape index (κ2) is 7.99. The molecule has 1 aliphatic heterocycles. The van der Waals surface area contributed by atoms with Gasteiger partial charge in [0.2, 0.25) is 5.91 Å². The fraction of sp³-hybridized carbons (Fsp3) is 0.208. The van der Waals surface area contributed by atoms with Crippen molar-refractivity contribution in [3.8, 4) is 16.9 Å². The van der Waals surface area contributed by atoms with Gasteiger partial charge in [-0.15, -0.1) is 0 Å². The number of rotatable bonds is 6. The van der Waals surface area contributed by atoms with Crippen molar-refractivity contribution in [1.82, 2.24) is 20.3 Å². The van der Waals surface area contributed by atoms with Crippen LogP contribution in [-0.4, -0.2) is 33.5 Å². The summed E-state index contributed by atoms with van der Waals surface area (Å²) in [6.45, 7) is 0.492. The number of amides is 1. The molecule has 2 aromatic heterocycles. The van der Waals surface area contributed by atoms with E-state index in [1.807, 2.05) is 36.5 Å². The fourth-order valence-electron chi connectivity index (χ4n) is 4.02. The van der Waals surface area contributed by atoms with Gasteiger partial charge in [0.25, 0.3) is 0 Å². The maximum absolute atomic E-state index is 12.4. The number of aromatic nitrogens is 3. The summed E-state index contributed by atoms with van der Waals surface area (Å²) in [5.74, 6) is 0.905. The van der Waals surface area contributed by atoms with Crippen molar-refractivity contribution in [2.75, 3.05) is 6.54 Å². The average molecular weight is 398 g/mol. The van der Waals surface area contributed by atoms with Crippen LogP contribution in [0.3, 0.4) is 0 Å². The lowest BCUT2D eigenvalue weighted by Crippen LogP contribution is -2.34. The van der Waals surface area contributed by atoms with Crippen molar-refractivity contribution in [2.45, 2.75) is 25.4 Å². The second-order valence-corrected chi connectivity index (χ2v) is 7.53. The predicted octanol–water partition coefficient (Wildman–Crippen LogP) is 3.68. The van der Waals surface area contributed by atoms with Gasteiger partial charge >= 0.3 is 0 Å². The van der Waals surface area contributed by atoms with E-state index in [-0.39, 0.29) is 12.0 Å². The molecule has 1 atom stereocenters. The zero-order valence-corrected chi connectivity index (χ0v) is 16.5. The molecule has 2 aromatic carbocycles. The molecular weight excluding hydrogens is 376 g/mol. The summed E-state index contributed by atoms with van der Waals surface area (Å²) < 4.78 is 6.18. The van der Waals surface area contributed by atoms with Crippen molar-refractivity contribution in [3.63, 3.8) is 0 Å². The van der Waals surface area contributed by atoms with Gasteiger partial charge in [-0.1, -0.05) is 36.4 Å². The average Bonchev–Trinajstić information content (AvgIpc) is 3.40. The van der Waals surface area contributed by atoms with Gasteiger partial charge in [-0.2, -0.15) is 0 Å². The van der Waals surface area contributed by atoms with Crippen molar-refractivity contribution >= 4 is 16.8 Å². The van der Waals surface area contributed by atoms with E-state index in [1.165, 1.54) is 17.3 Å². The summed E-state index contributed by atoms with van der Waals surface area (Å²) in [7, 11) is 0. The van der Waals surface area contributed by atoms with E-state index in [4.69, 9.17) is 4.74 Å². The summed E-state index contributed by atoms with van der Waals surface area (Å²) in [5, 5.41) is 4.21. The fourth-order valence-corrected chi connectivity index (χ4v) is 4.02. The number of para-hydroxylation sites is 2. The molecule has 6 heteroatoms. The number of hydrogen-bond acceptors (Lipinski definition) is 4. The Morgan fingerprint density at radius 2 is 2.00 bits per heavy atom. The van der Waals surface area contributed by atoms with Crippen molar-refractivity contribution < 1.29 is 9.53 Å². The third-order valence-corrected chi connectivity index (χ3v) is 5.52. The quantitative estimate of drug-likeness (QED) is 0.519. The number of carbonyl (C=O) groups is 1. The summed E-state index contributed by atoms with van der Waals surface area (Å²) >= 11 is 0. The first-order chi connectivity index (χ1) is 14.8. The second-order valence-electron chi connectivity index (χ2n) is 7.53. The van der Waals surface area contributed by atoms with Crippen LogP contribution in [0.2, 0.25) is 0 Å². The topological polar surface area (TPSA) is 79.9 Å². The largest absolute Gasteiger partial charge is 0.487 e. The van der Waals surface area contributed by atoms with Crippen LogP contribution in [0.15, 0.2) is 67.4 Å². The van der Waals surface area contributed by atoms with E-state index in [1.54, 1.807) is 12.4 Å². The Kier molecular flexibility index (Phi) is 4.89. The van der Waals surface area contributed by atoms with E-state index in [0.29, 0.717) is 19.4 Å². The van der Waals surface area contributed by atoms with Crippen molar-refractivity contribution in [3.05, 3.63) is 78.5 Å². The normalized spacial score (nSPS) is 15.0. The van der Waals surface area contributed by atoms with Crippen LogP contribution >= 0.6 is 0 Å². The van der Waals surface area contributed by atoms with Gasteiger partial charge in [-0.3, -0.25) is 4.79 Å². The Balaban J connectivity index is 1.18. The van der Waals surface area contributed by atoms with Gasteiger partial charge in [-0.25, -0.2) is 9.97 Å². The Morgan fingerprint density at radius 3 is 2.90 bits per heavy atom. The van der Waals surface area contributed by atoms with E-state index < -0.39 is 0 Å². The van der Waals surface area contributed by atoms with Gasteiger partial charge in [0.05, 0.1) is 6.54 Å². The molecule has 150 valence electrons. The van der Waals surface area contributed by atoms with Crippen LogP contribution < -0.4 is 10.1 Å². The highest BCUT2D eigenvalue weighted by Gasteiger charge is 2.26. The monoisotopic (exact) mass is 398 g/mol. The van der Waals surface area contributed by atoms with Crippen molar-refractivity contribution in [1.29, 1.82) is 0 Å². The minimum atomic E-state index is -0.0668. The maximum Gasteiger partial charge on any atom is 0.220 e. The molecule has 0 bridgehead atoms. The number of ether oxygens (including phenoxy) is 1. The molecule has 1 unspecified atom stereocenters. The zero-order valence-electron chi connectivity index (χ0n) is 16.5. The number of carbonyl (C=O) groups excluding carboxylic acids is 1. The molecule has 0 aliphatic carbocycles. The SMILES string of the molecule is O=C(CCc1c[nH]c2ccccc12)NCC1Cc2cccc(-c3cncnc3)c2O1. The molecule has 0 radical (unpaired) electrons. The lowest BCUT2D eigenvalue weighted by molar-refractivity contribution is -0.121. The van der Waals surface area contributed by atoms with Gasteiger partial charge < -0.3 is 15.0 Å². The highest BCUT2D eigenvalue weighted by atomic mass is 16.5. The minimum absolute atomic E-state index is 0.0384. The molecule has 0 spiro atoms. The van der Waals surface area contributed by atoms with Crippen LogP contribution in [0.1, 0.15) is 17.5 Å². The third kappa shape index (κ3) is 3.64. The number of aromatic amines is 1. The number of fused-ring (bicyclic) bond motifs is 2. The van der Waals surface area contributed by atoms with E-state index in [2.05, 4.69) is 32.4 Å². The lowest BCUT2D eigenvalue weighted by Gasteiger charge is -2.13. The van der Waals surface area contributed by atoms with Crippen LogP contribution in [0.25, 0.3) is 22.0 Å². The number of H-pyrrole nitrogens is 1. The molecular formula is C24H22N4O2. The lowest BCUT2D eigenvalue weighted by atomic mass is 10.0. The highest BCUT2D eigenvalue weighted by molar-refractivity contribution is 5.84. The first-order valence-electron chi connectivity index (χ1n) is 10.1. The van der Waals surface area contributed by atoms with Gasteiger partial charge in [0.1, 0.15) is 18.2 Å². The molecule has 0 saturated heterocycles. The molecule has 30 heavy (non-hydrogen) atoms. The molecule has 3 heterocycles. The van der Waals surface area contributed by atoms with Crippen molar-refractivity contribution in [2.24, 2.45) is 0 Å². The standard InChI is InChI=1S/C24H22N4O2/c29-23(9-8-17-13-27-22-7-2-1-5-20(17)22)28-14-19-10-16-4-3-6-21(24(16)30-19)18-11-25-15-26-12-18/h1-7,11-13,15,19,27H,8-10,14H2,(H,28,29). The van der Waals surface area contributed by atoms with E-state index >= 15 is 0 Å². The first kappa shape index (κ1) is 18.4. The molecule has 4 aromatic rings. The highest BCUT2D eigenvalue weighted by Crippen LogP contribution is 2.38. The molecule has 5 rings (SSSR count). The summed E-state index contributed by atoms with van der Waals surface area (Å²) in [5.41, 5.74) is 5.33. The number of benzene rings is 2. The Bertz CT molecular complexity index is 1190. The van der Waals surface area contributed by atoms with Gasteiger partial charge in [0, 0.05) is 53.5 Å². The van der Waals surface area contributed by atoms with E-state index in [9.17, 15) is 4.79 Å². The molecule has 1 amide bonds. The van der Waals surface area contributed by atoms with Crippen LogP contribution in [0.4, 0.5) is 0 Å². The Morgan fingerprint density at radius 1 is 1.13 bits per heavy atom. The molecule has 2 N–H and O–H groups in total. The smallest absolute Gasteiger partial charge is 0.220 e. The number of hydrogen-bond donors (Lipinski definition) is 2. The Hall–Kier alpha value is -3.67. The Labute approximate surface area is 174 Å². The van der Waals surface area contributed by atoms with Crippen LogP contribution in [0.5, 0.6) is 5.75 Å². The summed E-state index contributed by atoms with van der Waals surface area (Å²) in [6, 6.07) is 14.3. The molecule has 6 nitrogen and oxygen atoms in total. The minimum Gasteiger partial charge on any atom is -0.487 e. The predicted molar refractivity (Wildman–Crippen MR) is 115 cm³/mol. The number of nitrogens with zero attached hydrogens (tertiary/aromatic N) is 2. The van der Waals surface area contributed by atoms with E-state index in [0.717, 1.165) is 34.4 Å². The third-order valence-electron chi connectivity index (χ3n) is 5.52. The molecule has 0 saturated carbocycles. The first-order valence-corrected chi connectivity index (χ1v) is 10.1. The van der Waals surface area contributed by atoms with Crippen LogP contribution in [0, 0.1) is 0 Å². The van der Waals surface area contributed by atoms with Gasteiger partial charge in [-0.05, 0) is 23.6 Å². The number of aryl methyl sites for hydroxylation is 1. The molecule has 0 fully saturated rings. The number of nitrogens with one attached hydrogen (secondary N) is 2. The van der Waals surface area contributed by atoms with Gasteiger partial charge in [0.15, 0.2) is 0 Å². The zero-order chi connectivity index (χ0) is 20.3.